The molecule has 0 heterocycles. The lowest BCUT2D eigenvalue weighted by molar-refractivity contribution is 0.00458. The second-order valence-electron chi connectivity index (χ2n) is 8.41. The third-order valence-corrected chi connectivity index (χ3v) is 7.17. The Morgan fingerprint density at radius 2 is 1.93 bits per heavy atom. The molecule has 0 bridgehead atoms. The van der Waals surface area contributed by atoms with Gasteiger partial charge in [-0.1, -0.05) is 26.2 Å². The number of rotatable bonds is 6. The van der Waals surface area contributed by atoms with Gasteiger partial charge in [0, 0.05) is 16.6 Å². The Bertz CT molecular complexity index is 681. The van der Waals surface area contributed by atoms with Crippen LogP contribution in [0, 0.1) is 0 Å². The summed E-state index contributed by atoms with van der Waals surface area (Å²) < 4.78 is 6.41. The number of hydrogen-bond acceptors (Lipinski definition) is 5. The fourth-order valence-corrected chi connectivity index (χ4v) is 4.99. The van der Waals surface area contributed by atoms with Gasteiger partial charge in [0.15, 0.2) is 0 Å². The lowest BCUT2D eigenvalue weighted by Crippen LogP contribution is -2.45. The predicted octanol–water partition coefficient (Wildman–Crippen LogP) is 4.69. The van der Waals surface area contributed by atoms with Gasteiger partial charge in [-0.25, -0.2) is 4.79 Å². The molecular formula is C22H33BrN2O3. The first-order valence-electron chi connectivity index (χ1n) is 10.6. The number of anilines is 1. The van der Waals surface area contributed by atoms with Gasteiger partial charge in [0.25, 0.3) is 0 Å². The molecule has 0 saturated heterocycles. The van der Waals surface area contributed by atoms with Gasteiger partial charge in [-0.15, -0.1) is 0 Å². The zero-order valence-electron chi connectivity index (χ0n) is 16.8. The molecule has 0 unspecified atom stereocenters. The number of esters is 1. The lowest BCUT2D eigenvalue weighted by Gasteiger charge is -2.38. The summed E-state index contributed by atoms with van der Waals surface area (Å²) in [4.78, 5) is 12.7. The smallest absolute Gasteiger partial charge is 0.338 e. The number of nitrogens with two attached hydrogens (primary N) is 1. The summed E-state index contributed by atoms with van der Waals surface area (Å²) >= 11 is 3.50. The van der Waals surface area contributed by atoms with E-state index in [2.05, 4.69) is 28.2 Å². The van der Waals surface area contributed by atoms with Crippen LogP contribution in [0.4, 0.5) is 5.69 Å². The zero-order chi connectivity index (χ0) is 20.1. The molecule has 1 aromatic rings. The number of aliphatic hydroxyl groups excluding tert-OH is 1. The van der Waals surface area contributed by atoms with Crippen molar-refractivity contribution in [2.75, 3.05) is 5.73 Å². The number of halogens is 1. The van der Waals surface area contributed by atoms with Crippen molar-refractivity contribution >= 4 is 27.6 Å². The first kappa shape index (κ1) is 21.6. The Kier molecular flexibility index (Phi) is 7.40. The van der Waals surface area contributed by atoms with Crippen LogP contribution in [-0.4, -0.2) is 28.8 Å². The van der Waals surface area contributed by atoms with E-state index >= 15 is 0 Å². The molecule has 3 rings (SSSR count). The Hall–Kier alpha value is -1.11. The van der Waals surface area contributed by atoms with Crippen LogP contribution in [0.2, 0.25) is 0 Å². The third kappa shape index (κ3) is 5.28. The number of nitrogen functional groups attached to an aromatic ring is 1. The first-order valence-corrected chi connectivity index (χ1v) is 11.4. The largest absolute Gasteiger partial charge is 0.459 e. The maximum atomic E-state index is 12.7. The normalized spacial score (nSPS) is 24.7. The maximum Gasteiger partial charge on any atom is 0.338 e. The molecule has 156 valence electrons. The van der Waals surface area contributed by atoms with Crippen LogP contribution in [0.5, 0.6) is 0 Å². The minimum Gasteiger partial charge on any atom is -0.459 e. The van der Waals surface area contributed by atoms with Crippen LogP contribution >= 0.6 is 15.9 Å². The van der Waals surface area contributed by atoms with Crippen molar-refractivity contribution in [2.45, 2.75) is 95.4 Å². The van der Waals surface area contributed by atoms with Crippen molar-refractivity contribution in [2.24, 2.45) is 0 Å². The van der Waals surface area contributed by atoms with E-state index in [-0.39, 0.29) is 23.7 Å². The second-order valence-corrected chi connectivity index (χ2v) is 9.27. The molecule has 1 aromatic carbocycles. The molecule has 2 aliphatic carbocycles. The molecule has 0 radical (unpaired) electrons. The van der Waals surface area contributed by atoms with Crippen LogP contribution in [0.3, 0.4) is 0 Å². The Balaban J connectivity index is 1.68. The quantitative estimate of drug-likeness (QED) is 0.430. The number of carbonyl (C=O) groups is 1. The van der Waals surface area contributed by atoms with E-state index in [1.807, 2.05) is 6.07 Å². The molecule has 0 aromatic heterocycles. The summed E-state index contributed by atoms with van der Waals surface area (Å²) in [5, 5.41) is 13.4. The van der Waals surface area contributed by atoms with E-state index in [0.29, 0.717) is 30.6 Å². The van der Waals surface area contributed by atoms with Gasteiger partial charge in [0.1, 0.15) is 6.10 Å². The first-order chi connectivity index (χ1) is 13.4. The topological polar surface area (TPSA) is 84.6 Å². The minimum absolute atomic E-state index is 0.112. The molecule has 0 atom stereocenters. The predicted molar refractivity (Wildman–Crippen MR) is 115 cm³/mol. The van der Waals surface area contributed by atoms with Crippen molar-refractivity contribution in [3.05, 3.63) is 27.7 Å². The minimum atomic E-state index is -0.314. The third-order valence-electron chi connectivity index (χ3n) is 6.51. The van der Waals surface area contributed by atoms with E-state index in [0.717, 1.165) is 29.3 Å². The van der Waals surface area contributed by atoms with Gasteiger partial charge >= 0.3 is 5.97 Å². The fraction of sp³-hybridized carbons (Fsp3) is 0.682. The second kappa shape index (κ2) is 9.59. The summed E-state index contributed by atoms with van der Waals surface area (Å²) in [7, 11) is 0. The molecule has 2 saturated carbocycles. The summed E-state index contributed by atoms with van der Waals surface area (Å²) in [6, 6.07) is 3.61. The van der Waals surface area contributed by atoms with Crippen molar-refractivity contribution in [3.63, 3.8) is 0 Å². The van der Waals surface area contributed by atoms with Gasteiger partial charge in [-0.05, 0) is 78.6 Å². The fourth-order valence-electron chi connectivity index (χ4n) is 4.49. The van der Waals surface area contributed by atoms with Gasteiger partial charge < -0.3 is 20.9 Å². The van der Waals surface area contributed by atoms with Crippen molar-refractivity contribution in [3.8, 4) is 0 Å². The molecular weight excluding hydrogens is 420 g/mol. The standard InChI is InChI=1S/C22H33BrN2O3/c1-2-22(10-4-3-5-11-22)25-14-16-12-15(13-19(23)20(16)24)21(27)28-18-8-6-17(26)7-9-18/h12-13,17-18,25-26H,2-11,14,24H2,1H3. The zero-order valence-corrected chi connectivity index (χ0v) is 18.4. The Morgan fingerprint density at radius 1 is 1.25 bits per heavy atom. The Labute approximate surface area is 176 Å². The van der Waals surface area contributed by atoms with E-state index in [4.69, 9.17) is 10.5 Å². The van der Waals surface area contributed by atoms with Crippen LogP contribution in [-0.2, 0) is 11.3 Å². The van der Waals surface area contributed by atoms with Crippen molar-refractivity contribution in [1.29, 1.82) is 0 Å². The number of benzene rings is 1. The van der Waals surface area contributed by atoms with Crippen LogP contribution in [0.15, 0.2) is 16.6 Å². The van der Waals surface area contributed by atoms with Gasteiger partial charge in [0.2, 0.25) is 0 Å². The highest BCUT2D eigenvalue weighted by Gasteiger charge is 2.30. The molecule has 0 spiro atoms. The monoisotopic (exact) mass is 452 g/mol. The average molecular weight is 453 g/mol. The highest BCUT2D eigenvalue weighted by Crippen LogP contribution is 2.33. The van der Waals surface area contributed by atoms with E-state index < -0.39 is 0 Å². The van der Waals surface area contributed by atoms with E-state index in [1.54, 1.807) is 6.07 Å². The number of aliphatic hydroxyl groups is 1. The summed E-state index contributed by atoms with van der Waals surface area (Å²) in [5.41, 5.74) is 8.59. The van der Waals surface area contributed by atoms with Crippen LogP contribution < -0.4 is 11.1 Å². The van der Waals surface area contributed by atoms with Crippen LogP contribution in [0.1, 0.15) is 87.1 Å². The van der Waals surface area contributed by atoms with Crippen molar-refractivity contribution < 1.29 is 14.6 Å². The van der Waals surface area contributed by atoms with E-state index in [9.17, 15) is 9.90 Å². The Morgan fingerprint density at radius 3 is 2.57 bits per heavy atom. The number of ether oxygens (including phenoxy) is 1. The van der Waals surface area contributed by atoms with Gasteiger partial charge in [0.05, 0.1) is 17.4 Å². The molecule has 28 heavy (non-hydrogen) atoms. The highest BCUT2D eigenvalue weighted by molar-refractivity contribution is 9.10. The SMILES string of the molecule is CCC1(NCc2cc(C(=O)OC3CCC(O)CC3)cc(Br)c2N)CCCCC1. The van der Waals surface area contributed by atoms with Gasteiger partial charge in [-0.2, -0.15) is 0 Å². The number of nitrogens with one attached hydrogen (secondary N) is 1. The molecule has 4 N–H and O–H groups in total. The molecule has 0 aliphatic heterocycles. The molecule has 5 nitrogen and oxygen atoms in total. The molecule has 2 fully saturated rings. The summed E-state index contributed by atoms with van der Waals surface area (Å²) in [5.74, 6) is -0.314. The van der Waals surface area contributed by atoms with Crippen molar-refractivity contribution in [1.82, 2.24) is 5.32 Å². The van der Waals surface area contributed by atoms with Gasteiger partial charge in [-0.3, -0.25) is 0 Å². The summed E-state index contributed by atoms with van der Waals surface area (Å²) in [6.07, 6.45) is 9.79. The molecule has 2 aliphatic rings. The number of hydrogen-bond donors (Lipinski definition) is 3. The summed E-state index contributed by atoms with van der Waals surface area (Å²) in [6.45, 7) is 2.89. The molecule has 6 heteroatoms. The highest BCUT2D eigenvalue weighted by atomic mass is 79.9. The number of carbonyl (C=O) groups excluding carboxylic acids is 1. The average Bonchev–Trinajstić information content (AvgIpc) is 2.71. The molecule has 0 amide bonds. The lowest BCUT2D eigenvalue weighted by atomic mass is 9.79. The maximum absolute atomic E-state index is 12.7. The van der Waals surface area contributed by atoms with E-state index in [1.165, 1.54) is 32.1 Å². The van der Waals surface area contributed by atoms with Crippen LogP contribution in [0.25, 0.3) is 0 Å².